The second-order valence-electron chi connectivity index (χ2n) is 10.0. The maximum atomic E-state index is 13.5. The number of carbonyl (C=O) groups is 4. The van der Waals surface area contributed by atoms with Crippen LogP contribution in [-0.4, -0.2) is 46.8 Å². The minimum absolute atomic E-state index is 0.00791. The second kappa shape index (κ2) is 5.84. The molecule has 4 heterocycles. The first-order valence-electron chi connectivity index (χ1n) is 11.2. The lowest BCUT2D eigenvalue weighted by Crippen LogP contribution is -2.51. The van der Waals surface area contributed by atoms with Crippen LogP contribution in [0.2, 0.25) is 0 Å². The van der Waals surface area contributed by atoms with Crippen molar-refractivity contribution in [1.29, 1.82) is 0 Å². The van der Waals surface area contributed by atoms with E-state index in [1.807, 2.05) is 25.1 Å². The number of hydrogen-bond acceptors (Lipinski definition) is 5. The summed E-state index contributed by atoms with van der Waals surface area (Å²) in [4.78, 5) is 55.8. The molecule has 8 atom stereocenters. The summed E-state index contributed by atoms with van der Waals surface area (Å²) in [6.07, 6.45) is 8.08. The molecule has 0 radical (unpaired) electrons. The maximum Gasteiger partial charge on any atom is 0.241 e. The van der Waals surface area contributed by atoms with Gasteiger partial charge < -0.3 is 4.74 Å². The molecule has 0 spiro atoms. The number of nitrogens with zero attached hydrogens (tertiary/aromatic N) is 2. The van der Waals surface area contributed by atoms with Crippen molar-refractivity contribution in [3.63, 3.8) is 0 Å². The minimum Gasteiger partial charge on any atom is -0.360 e. The lowest BCUT2D eigenvalue weighted by atomic mass is 9.76. The van der Waals surface area contributed by atoms with Crippen LogP contribution in [0.5, 0.6) is 0 Å². The van der Waals surface area contributed by atoms with Gasteiger partial charge in [-0.1, -0.05) is 42.0 Å². The highest BCUT2D eigenvalue weighted by molar-refractivity contribution is 6.23. The summed E-state index contributed by atoms with van der Waals surface area (Å²) in [5.74, 6) is -2.63. The number of anilines is 1. The van der Waals surface area contributed by atoms with E-state index in [2.05, 4.69) is 12.2 Å². The van der Waals surface area contributed by atoms with Gasteiger partial charge in [0.05, 0.1) is 42.0 Å². The first kappa shape index (κ1) is 18.5. The molecule has 7 heteroatoms. The van der Waals surface area contributed by atoms with Crippen LogP contribution in [0.15, 0.2) is 48.6 Å². The second-order valence-corrected chi connectivity index (χ2v) is 10.0. The molecule has 32 heavy (non-hydrogen) atoms. The molecule has 2 aliphatic carbocycles. The van der Waals surface area contributed by atoms with Crippen LogP contribution in [-0.2, 0) is 23.9 Å². The first-order valence-corrected chi connectivity index (χ1v) is 11.2. The standard InChI is InChI=1S/C25H22N2O5/c1-12-2-6-15(7-3-12)27-23(30)19-16-8-9-25(32-16,20(19)24(27)31)11-26-21(28)17-13-4-5-14(10-13)18(17)22(26)29/h2-9,13-14,16-20H,10-11H2,1H3/t13-,14-,16+,17+,18+,19+,20+,25-/m0/s1. The van der Waals surface area contributed by atoms with Gasteiger partial charge in [0, 0.05) is 0 Å². The van der Waals surface area contributed by atoms with Gasteiger partial charge >= 0.3 is 0 Å². The average molecular weight is 430 g/mol. The van der Waals surface area contributed by atoms with Crippen molar-refractivity contribution < 1.29 is 23.9 Å². The Balaban J connectivity index is 1.22. The third-order valence-corrected chi connectivity index (χ3v) is 8.41. The molecule has 4 fully saturated rings. The Morgan fingerprint density at radius 2 is 1.53 bits per heavy atom. The van der Waals surface area contributed by atoms with Crippen LogP contribution in [0.1, 0.15) is 12.0 Å². The molecular weight excluding hydrogens is 408 g/mol. The number of carbonyl (C=O) groups excluding carboxylic acids is 4. The highest BCUT2D eigenvalue weighted by Gasteiger charge is 2.70. The van der Waals surface area contributed by atoms with E-state index < -0.39 is 23.5 Å². The van der Waals surface area contributed by atoms with E-state index in [1.54, 1.807) is 18.2 Å². The van der Waals surface area contributed by atoms with E-state index in [1.165, 1.54) is 9.80 Å². The van der Waals surface area contributed by atoms with Crippen molar-refractivity contribution in [3.8, 4) is 0 Å². The number of likely N-dealkylation sites (tertiary alicyclic amines) is 1. The fourth-order valence-electron chi connectivity index (χ4n) is 7.00. The van der Waals surface area contributed by atoms with E-state index in [9.17, 15) is 19.2 Å². The van der Waals surface area contributed by atoms with Gasteiger partial charge in [-0.3, -0.25) is 24.1 Å². The van der Waals surface area contributed by atoms with Gasteiger partial charge in [-0.15, -0.1) is 0 Å². The summed E-state index contributed by atoms with van der Waals surface area (Å²) in [5, 5.41) is 0. The van der Waals surface area contributed by atoms with Gasteiger partial charge in [-0.05, 0) is 37.3 Å². The highest BCUT2D eigenvalue weighted by atomic mass is 16.5. The molecule has 162 valence electrons. The summed E-state index contributed by atoms with van der Waals surface area (Å²) in [6, 6.07) is 7.27. The Morgan fingerprint density at radius 3 is 2.19 bits per heavy atom. The topological polar surface area (TPSA) is 84.0 Å². The Hall–Kier alpha value is -3.06. The number of amides is 4. The van der Waals surface area contributed by atoms with Gasteiger partial charge in [-0.2, -0.15) is 0 Å². The highest BCUT2D eigenvalue weighted by Crippen LogP contribution is 2.56. The predicted molar refractivity (Wildman–Crippen MR) is 112 cm³/mol. The van der Waals surface area contributed by atoms with Gasteiger partial charge in [0.25, 0.3) is 0 Å². The van der Waals surface area contributed by atoms with Crippen LogP contribution in [0.4, 0.5) is 5.69 Å². The minimum atomic E-state index is -1.14. The summed E-state index contributed by atoms with van der Waals surface area (Å²) >= 11 is 0. The van der Waals surface area contributed by atoms with Gasteiger partial charge in [0.2, 0.25) is 23.6 Å². The van der Waals surface area contributed by atoms with Crippen molar-refractivity contribution in [2.24, 2.45) is 35.5 Å². The van der Waals surface area contributed by atoms with Crippen molar-refractivity contribution in [3.05, 3.63) is 54.1 Å². The van der Waals surface area contributed by atoms with Crippen molar-refractivity contribution in [2.75, 3.05) is 11.4 Å². The third-order valence-electron chi connectivity index (χ3n) is 8.41. The van der Waals surface area contributed by atoms with Crippen LogP contribution in [0, 0.1) is 42.4 Å². The quantitative estimate of drug-likeness (QED) is 0.538. The molecule has 6 aliphatic rings. The van der Waals surface area contributed by atoms with E-state index in [4.69, 9.17) is 4.74 Å². The number of rotatable bonds is 3. The summed E-state index contributed by atoms with van der Waals surface area (Å²) in [7, 11) is 0. The van der Waals surface area contributed by atoms with Crippen LogP contribution < -0.4 is 4.90 Å². The van der Waals surface area contributed by atoms with Crippen molar-refractivity contribution in [2.45, 2.75) is 25.0 Å². The predicted octanol–water partition coefficient (Wildman–Crippen LogP) is 1.62. The number of benzene rings is 1. The normalized spacial score (nSPS) is 42.7. The van der Waals surface area contributed by atoms with Crippen molar-refractivity contribution in [1.82, 2.24) is 4.90 Å². The van der Waals surface area contributed by atoms with Gasteiger partial charge in [0.1, 0.15) is 5.60 Å². The molecular formula is C25H22N2O5. The monoisotopic (exact) mass is 430 g/mol. The molecule has 1 saturated carbocycles. The zero-order chi connectivity index (χ0) is 21.9. The Bertz CT molecular complexity index is 1140. The zero-order valence-corrected chi connectivity index (χ0v) is 17.5. The SMILES string of the molecule is Cc1ccc(N2C(=O)[C@@H]3[C@H]4C=C[C@@](CN5C(=O)[C@H]6[C@H](C5=O)[C@H]5C=C[C@H]6C5)(O4)[C@H]3C2=O)cc1. The van der Waals surface area contributed by atoms with Crippen LogP contribution in [0.25, 0.3) is 0 Å². The summed E-state index contributed by atoms with van der Waals surface area (Å²) in [6.45, 7) is 1.94. The lowest BCUT2D eigenvalue weighted by molar-refractivity contribution is -0.146. The zero-order valence-electron chi connectivity index (χ0n) is 17.5. The van der Waals surface area contributed by atoms with E-state index in [-0.39, 0.29) is 53.8 Å². The number of hydrogen-bond donors (Lipinski definition) is 0. The van der Waals surface area contributed by atoms with E-state index in [0.717, 1.165) is 12.0 Å². The molecule has 0 unspecified atom stereocenters. The number of imide groups is 2. The summed E-state index contributed by atoms with van der Waals surface area (Å²) < 4.78 is 6.18. The summed E-state index contributed by atoms with van der Waals surface area (Å²) in [5.41, 5.74) is 0.438. The largest absolute Gasteiger partial charge is 0.360 e. The molecule has 4 amide bonds. The molecule has 4 bridgehead atoms. The molecule has 7 nitrogen and oxygen atoms in total. The fourth-order valence-corrected chi connectivity index (χ4v) is 7.00. The van der Waals surface area contributed by atoms with E-state index >= 15 is 0 Å². The molecule has 0 N–H and O–H groups in total. The first-order chi connectivity index (χ1) is 15.4. The Kier molecular flexibility index (Phi) is 3.38. The average Bonchev–Trinajstić information content (AvgIpc) is 3.60. The Labute approximate surface area is 184 Å². The fraction of sp³-hybridized carbons (Fsp3) is 0.440. The number of fused-ring (bicyclic) bond motifs is 10. The van der Waals surface area contributed by atoms with E-state index in [0.29, 0.717) is 5.69 Å². The Morgan fingerprint density at radius 1 is 0.875 bits per heavy atom. The number of aryl methyl sites for hydroxylation is 1. The smallest absolute Gasteiger partial charge is 0.241 e. The molecule has 1 aromatic rings. The molecule has 0 aromatic heterocycles. The number of allylic oxidation sites excluding steroid dienone is 2. The molecule has 3 saturated heterocycles. The number of ether oxygens (including phenoxy) is 1. The molecule has 4 aliphatic heterocycles. The van der Waals surface area contributed by atoms with Gasteiger partial charge in [-0.25, -0.2) is 4.90 Å². The van der Waals surface area contributed by atoms with Crippen LogP contribution >= 0.6 is 0 Å². The van der Waals surface area contributed by atoms with Gasteiger partial charge in [0.15, 0.2) is 0 Å². The molecule has 1 aromatic carbocycles. The van der Waals surface area contributed by atoms with Crippen LogP contribution in [0.3, 0.4) is 0 Å². The van der Waals surface area contributed by atoms with Crippen molar-refractivity contribution >= 4 is 29.3 Å². The lowest BCUT2D eigenvalue weighted by Gasteiger charge is -2.32. The maximum absolute atomic E-state index is 13.5. The third kappa shape index (κ3) is 2.05. The molecule has 7 rings (SSSR count).